The first kappa shape index (κ1) is 31.3. The molecule has 2 amide bonds. The number of nitrogens with zero attached hydrogens (tertiary/aromatic N) is 1. The lowest BCUT2D eigenvalue weighted by atomic mass is 9.71. The van der Waals surface area contributed by atoms with Crippen LogP contribution in [0.3, 0.4) is 0 Å². The van der Waals surface area contributed by atoms with Crippen LogP contribution in [0.4, 0.5) is 0 Å². The van der Waals surface area contributed by atoms with Gasteiger partial charge in [-0.1, -0.05) is 84.4 Å². The van der Waals surface area contributed by atoms with E-state index < -0.39 is 17.0 Å². The van der Waals surface area contributed by atoms with Gasteiger partial charge in [0.1, 0.15) is 0 Å². The summed E-state index contributed by atoms with van der Waals surface area (Å²) >= 11 is 6.02. The molecule has 0 spiro atoms. The number of nitrogens with one attached hydrogen (secondary N) is 1. The van der Waals surface area contributed by atoms with Crippen LogP contribution in [-0.2, 0) is 30.1 Å². The van der Waals surface area contributed by atoms with Crippen molar-refractivity contribution in [3.8, 4) is 0 Å². The molecule has 1 saturated heterocycles. The van der Waals surface area contributed by atoms with Crippen LogP contribution in [0.5, 0.6) is 0 Å². The number of amides is 2. The van der Waals surface area contributed by atoms with E-state index in [1.54, 1.807) is 19.1 Å². The Bertz CT molecular complexity index is 1280. The Morgan fingerprint density at radius 1 is 0.881 bits per heavy atom. The molecule has 0 atom stereocenters. The third-order valence-electron chi connectivity index (χ3n) is 8.19. The molecular formula is C34H39ClN2O5. The van der Waals surface area contributed by atoms with Gasteiger partial charge in [-0.25, -0.2) is 0 Å². The van der Waals surface area contributed by atoms with Gasteiger partial charge in [-0.3, -0.25) is 14.4 Å². The molecule has 3 aromatic carbocycles. The van der Waals surface area contributed by atoms with Crippen LogP contribution in [0, 0.1) is 0 Å². The topological polar surface area (TPSA) is 95.9 Å². The summed E-state index contributed by atoms with van der Waals surface area (Å²) in [7, 11) is 0. The highest BCUT2D eigenvalue weighted by Gasteiger charge is 2.38. The molecule has 0 radical (unpaired) electrons. The van der Waals surface area contributed by atoms with Crippen molar-refractivity contribution in [2.75, 3.05) is 26.2 Å². The maximum Gasteiger partial charge on any atom is 0.306 e. The molecular weight excluding hydrogens is 552 g/mol. The zero-order chi connectivity index (χ0) is 30.0. The molecule has 1 fully saturated rings. The number of rotatable bonds is 12. The summed E-state index contributed by atoms with van der Waals surface area (Å²) < 4.78 is 4.96. The molecule has 1 aliphatic heterocycles. The number of aliphatic hydroxyl groups is 1. The molecule has 3 aromatic rings. The highest BCUT2D eigenvalue weighted by atomic mass is 35.5. The van der Waals surface area contributed by atoms with Crippen LogP contribution in [0.25, 0.3) is 0 Å². The Kier molecular flexibility index (Phi) is 10.8. The minimum absolute atomic E-state index is 0.0121. The molecule has 2 N–H and O–H groups in total. The molecule has 7 nitrogen and oxygen atoms in total. The van der Waals surface area contributed by atoms with Gasteiger partial charge in [-0.2, -0.15) is 0 Å². The smallest absolute Gasteiger partial charge is 0.306 e. The maximum atomic E-state index is 13.6. The summed E-state index contributed by atoms with van der Waals surface area (Å²) in [5.74, 6) is -0.638. The molecule has 0 bridgehead atoms. The van der Waals surface area contributed by atoms with Crippen molar-refractivity contribution in [2.24, 2.45) is 0 Å². The van der Waals surface area contributed by atoms with E-state index in [-0.39, 0.29) is 44.2 Å². The number of hydrogen-bond donors (Lipinski definition) is 2. The first-order chi connectivity index (χ1) is 20.3. The van der Waals surface area contributed by atoms with E-state index in [0.29, 0.717) is 37.4 Å². The summed E-state index contributed by atoms with van der Waals surface area (Å²) in [6.07, 6.45) is 1.66. The van der Waals surface area contributed by atoms with Gasteiger partial charge in [-0.15, -0.1) is 0 Å². The lowest BCUT2D eigenvalue weighted by Crippen LogP contribution is -2.46. The van der Waals surface area contributed by atoms with Gasteiger partial charge in [0.05, 0.1) is 18.6 Å². The minimum Gasteiger partial charge on any atom is -0.466 e. The fourth-order valence-electron chi connectivity index (χ4n) is 5.70. The molecule has 0 aliphatic carbocycles. The largest absolute Gasteiger partial charge is 0.466 e. The number of halogens is 1. The monoisotopic (exact) mass is 590 g/mol. The third-order valence-corrected chi connectivity index (χ3v) is 8.44. The zero-order valence-corrected chi connectivity index (χ0v) is 24.8. The third kappa shape index (κ3) is 7.78. The second-order valence-electron chi connectivity index (χ2n) is 10.8. The van der Waals surface area contributed by atoms with E-state index in [1.165, 1.54) is 0 Å². The molecule has 0 unspecified atom stereocenters. The van der Waals surface area contributed by atoms with E-state index in [2.05, 4.69) is 5.32 Å². The number of carbonyl (C=O) groups is 3. The highest BCUT2D eigenvalue weighted by Crippen LogP contribution is 2.38. The molecule has 42 heavy (non-hydrogen) atoms. The molecule has 222 valence electrons. The average Bonchev–Trinajstić information content (AvgIpc) is 3.02. The fourth-order valence-corrected chi connectivity index (χ4v) is 5.83. The summed E-state index contributed by atoms with van der Waals surface area (Å²) in [5, 5.41) is 14.9. The van der Waals surface area contributed by atoms with Crippen molar-refractivity contribution in [1.82, 2.24) is 10.2 Å². The number of esters is 1. The number of hydrogen-bond acceptors (Lipinski definition) is 5. The van der Waals surface area contributed by atoms with Gasteiger partial charge in [0, 0.05) is 42.9 Å². The molecule has 4 rings (SSSR count). The van der Waals surface area contributed by atoms with Gasteiger partial charge in [0.25, 0.3) is 0 Å². The Hall–Kier alpha value is -3.68. The predicted octanol–water partition coefficient (Wildman–Crippen LogP) is 5.38. The minimum atomic E-state index is -0.993. The second-order valence-corrected chi connectivity index (χ2v) is 11.3. The van der Waals surface area contributed by atoms with Crippen LogP contribution in [0.15, 0.2) is 84.9 Å². The molecule has 1 heterocycles. The van der Waals surface area contributed by atoms with Crippen LogP contribution in [-0.4, -0.2) is 54.0 Å². The number of ether oxygens (including phenoxy) is 1. The number of likely N-dealkylation sites (tertiary alicyclic amines) is 1. The summed E-state index contributed by atoms with van der Waals surface area (Å²) in [6.45, 7) is 3.18. The molecule has 0 saturated carbocycles. The second kappa shape index (κ2) is 14.5. The Morgan fingerprint density at radius 3 is 2.00 bits per heavy atom. The Balaban J connectivity index is 1.49. The molecule has 8 heteroatoms. The van der Waals surface area contributed by atoms with Crippen molar-refractivity contribution < 1.29 is 24.2 Å². The number of piperidine rings is 1. The summed E-state index contributed by atoms with van der Waals surface area (Å²) in [5.41, 5.74) is 1.13. The van der Waals surface area contributed by atoms with Gasteiger partial charge in [-0.05, 0) is 55.0 Å². The number of benzene rings is 3. The first-order valence-electron chi connectivity index (χ1n) is 14.6. The molecule has 0 aromatic heterocycles. The van der Waals surface area contributed by atoms with Crippen LogP contribution >= 0.6 is 11.6 Å². The van der Waals surface area contributed by atoms with Gasteiger partial charge in [0.15, 0.2) is 0 Å². The van der Waals surface area contributed by atoms with E-state index in [4.69, 9.17) is 16.3 Å². The van der Waals surface area contributed by atoms with Gasteiger partial charge < -0.3 is 20.1 Å². The van der Waals surface area contributed by atoms with Crippen molar-refractivity contribution >= 4 is 29.4 Å². The lowest BCUT2D eigenvalue weighted by Gasteiger charge is -2.40. The quantitative estimate of drug-likeness (QED) is 0.276. The summed E-state index contributed by atoms with van der Waals surface area (Å²) in [6, 6.07) is 27.0. The van der Waals surface area contributed by atoms with Gasteiger partial charge in [0.2, 0.25) is 11.8 Å². The van der Waals surface area contributed by atoms with Crippen LogP contribution in [0.2, 0.25) is 5.02 Å². The van der Waals surface area contributed by atoms with Crippen molar-refractivity contribution in [1.29, 1.82) is 0 Å². The van der Waals surface area contributed by atoms with Crippen molar-refractivity contribution in [3.05, 3.63) is 107 Å². The zero-order valence-electron chi connectivity index (χ0n) is 24.1. The van der Waals surface area contributed by atoms with Crippen molar-refractivity contribution in [3.63, 3.8) is 0 Å². The highest BCUT2D eigenvalue weighted by molar-refractivity contribution is 6.30. The van der Waals surface area contributed by atoms with E-state index in [0.717, 1.165) is 16.7 Å². The SMILES string of the molecule is CCOC(=O)CCC(=O)NCC(CCC(=O)N1CCC(O)(c2ccc(Cl)cc2)CC1)(c1ccccc1)c1ccccc1. The average molecular weight is 591 g/mol. The fraction of sp³-hybridized carbons (Fsp3) is 0.382. The maximum absolute atomic E-state index is 13.6. The van der Waals surface area contributed by atoms with E-state index in [1.807, 2.05) is 77.7 Å². The van der Waals surface area contributed by atoms with Crippen molar-refractivity contribution in [2.45, 2.75) is 56.5 Å². The standard InChI is InChI=1S/C34H39ClN2O5/c1-2-42-32(40)18-17-30(38)36-25-33(26-9-5-3-6-10-26,27-11-7-4-8-12-27)20-19-31(39)37-23-21-34(41,22-24-37)28-13-15-29(35)16-14-28/h3-16,41H,2,17-25H2,1H3,(H,36,38). The van der Waals surface area contributed by atoms with E-state index >= 15 is 0 Å². The van der Waals surface area contributed by atoms with Gasteiger partial charge >= 0.3 is 5.97 Å². The Morgan fingerprint density at radius 2 is 1.45 bits per heavy atom. The Labute approximate surface area is 252 Å². The number of carbonyl (C=O) groups excluding carboxylic acids is 3. The normalized spacial score (nSPS) is 14.7. The predicted molar refractivity (Wildman–Crippen MR) is 163 cm³/mol. The first-order valence-corrected chi connectivity index (χ1v) is 14.9. The van der Waals surface area contributed by atoms with Crippen LogP contribution in [0.1, 0.15) is 62.1 Å². The summed E-state index contributed by atoms with van der Waals surface area (Å²) in [4.78, 5) is 40.0. The van der Waals surface area contributed by atoms with E-state index in [9.17, 15) is 19.5 Å². The van der Waals surface area contributed by atoms with Crippen LogP contribution < -0.4 is 5.32 Å². The lowest BCUT2D eigenvalue weighted by molar-refractivity contribution is -0.144. The molecule has 1 aliphatic rings.